The third kappa shape index (κ3) is 5.62. The molecule has 1 aliphatic heterocycles. The normalized spacial score (nSPS) is 23.4. The SMILES string of the molecule is CC(NCCN1CCSCC1)C(=O)NC1CCCCC1. The largest absolute Gasteiger partial charge is 0.352 e. The first kappa shape index (κ1) is 16.1. The molecule has 0 aromatic carbocycles. The standard InChI is InChI=1S/C15H29N3OS/c1-13(15(19)17-14-5-3-2-4-6-14)16-7-8-18-9-11-20-12-10-18/h13-14,16H,2-12H2,1H3,(H,17,19). The lowest BCUT2D eigenvalue weighted by Gasteiger charge is -2.27. The molecule has 116 valence electrons. The lowest BCUT2D eigenvalue weighted by molar-refractivity contribution is -0.123. The minimum Gasteiger partial charge on any atom is -0.352 e. The lowest BCUT2D eigenvalue weighted by Crippen LogP contribution is -2.48. The molecule has 20 heavy (non-hydrogen) atoms. The Morgan fingerprint density at radius 2 is 1.95 bits per heavy atom. The molecule has 1 aliphatic carbocycles. The van der Waals surface area contributed by atoms with E-state index >= 15 is 0 Å². The van der Waals surface area contributed by atoms with E-state index in [2.05, 4.69) is 15.5 Å². The van der Waals surface area contributed by atoms with E-state index in [4.69, 9.17) is 0 Å². The van der Waals surface area contributed by atoms with Gasteiger partial charge >= 0.3 is 0 Å². The van der Waals surface area contributed by atoms with Gasteiger partial charge < -0.3 is 15.5 Å². The molecule has 2 fully saturated rings. The summed E-state index contributed by atoms with van der Waals surface area (Å²) in [4.78, 5) is 14.6. The Bertz CT molecular complexity index is 289. The minimum atomic E-state index is -0.0731. The quantitative estimate of drug-likeness (QED) is 0.779. The lowest BCUT2D eigenvalue weighted by atomic mass is 9.95. The molecule has 1 saturated heterocycles. The fraction of sp³-hybridized carbons (Fsp3) is 0.933. The van der Waals surface area contributed by atoms with Crippen LogP contribution in [0.2, 0.25) is 0 Å². The van der Waals surface area contributed by atoms with Gasteiger partial charge in [0.15, 0.2) is 0 Å². The Morgan fingerprint density at radius 3 is 2.65 bits per heavy atom. The molecule has 2 rings (SSSR count). The average Bonchev–Trinajstić information content (AvgIpc) is 2.49. The van der Waals surface area contributed by atoms with E-state index in [0.717, 1.165) is 25.9 Å². The zero-order chi connectivity index (χ0) is 14.2. The molecule has 0 bridgehead atoms. The first-order valence-corrected chi connectivity index (χ1v) is 9.25. The second-order valence-corrected chi connectivity index (χ2v) is 7.20. The van der Waals surface area contributed by atoms with Crippen LogP contribution in [0.3, 0.4) is 0 Å². The van der Waals surface area contributed by atoms with Gasteiger partial charge in [0.05, 0.1) is 6.04 Å². The van der Waals surface area contributed by atoms with E-state index in [0.29, 0.717) is 6.04 Å². The van der Waals surface area contributed by atoms with Crippen LogP contribution in [0.25, 0.3) is 0 Å². The second-order valence-electron chi connectivity index (χ2n) is 5.97. The number of carbonyl (C=O) groups is 1. The summed E-state index contributed by atoms with van der Waals surface area (Å²) >= 11 is 2.04. The number of nitrogens with zero attached hydrogens (tertiary/aromatic N) is 1. The Hall–Kier alpha value is -0.260. The van der Waals surface area contributed by atoms with Crippen LogP contribution in [0, 0.1) is 0 Å². The maximum atomic E-state index is 12.1. The van der Waals surface area contributed by atoms with Crippen LogP contribution in [0.1, 0.15) is 39.0 Å². The predicted molar refractivity (Wildman–Crippen MR) is 86.2 cm³/mol. The zero-order valence-electron chi connectivity index (χ0n) is 12.7. The summed E-state index contributed by atoms with van der Waals surface area (Å²) in [7, 11) is 0. The molecule has 2 aliphatic rings. The Kier molecular flexibility index (Phi) is 7.17. The summed E-state index contributed by atoms with van der Waals surface area (Å²) in [6, 6.07) is 0.343. The van der Waals surface area contributed by atoms with Crippen LogP contribution >= 0.6 is 11.8 Å². The summed E-state index contributed by atoms with van der Waals surface area (Å²) in [5, 5.41) is 6.55. The van der Waals surface area contributed by atoms with Crippen LogP contribution in [0.5, 0.6) is 0 Å². The first-order chi connectivity index (χ1) is 9.75. The van der Waals surface area contributed by atoms with E-state index in [-0.39, 0.29) is 11.9 Å². The van der Waals surface area contributed by atoms with Crippen molar-refractivity contribution in [1.82, 2.24) is 15.5 Å². The number of nitrogens with one attached hydrogen (secondary N) is 2. The molecule has 0 radical (unpaired) electrons. The zero-order valence-corrected chi connectivity index (χ0v) is 13.5. The molecule has 0 aromatic heterocycles. The highest BCUT2D eigenvalue weighted by atomic mass is 32.2. The summed E-state index contributed by atoms with van der Waals surface area (Å²) < 4.78 is 0. The average molecular weight is 299 g/mol. The minimum absolute atomic E-state index is 0.0731. The van der Waals surface area contributed by atoms with Gasteiger partial charge in [-0.15, -0.1) is 0 Å². The van der Waals surface area contributed by atoms with Crippen molar-refractivity contribution in [2.45, 2.75) is 51.1 Å². The van der Waals surface area contributed by atoms with Gasteiger partial charge in [0.1, 0.15) is 0 Å². The third-order valence-corrected chi connectivity index (χ3v) is 5.27. The van der Waals surface area contributed by atoms with Crippen molar-refractivity contribution in [2.24, 2.45) is 0 Å². The van der Waals surface area contributed by atoms with Crippen LogP contribution in [-0.2, 0) is 4.79 Å². The van der Waals surface area contributed by atoms with Gasteiger partial charge in [0, 0.05) is 43.7 Å². The van der Waals surface area contributed by atoms with Crippen LogP contribution in [0.15, 0.2) is 0 Å². The van der Waals surface area contributed by atoms with Crippen molar-refractivity contribution < 1.29 is 4.79 Å². The smallest absolute Gasteiger partial charge is 0.237 e. The highest BCUT2D eigenvalue weighted by molar-refractivity contribution is 7.99. The van der Waals surface area contributed by atoms with Gasteiger partial charge in [-0.2, -0.15) is 11.8 Å². The van der Waals surface area contributed by atoms with E-state index in [1.807, 2.05) is 18.7 Å². The Labute approximate surface area is 127 Å². The summed E-state index contributed by atoms with van der Waals surface area (Å²) in [6.07, 6.45) is 6.17. The van der Waals surface area contributed by atoms with Crippen molar-refractivity contribution in [3.05, 3.63) is 0 Å². The molecule has 1 unspecified atom stereocenters. The van der Waals surface area contributed by atoms with Gasteiger partial charge in [0.2, 0.25) is 5.91 Å². The highest BCUT2D eigenvalue weighted by Crippen LogP contribution is 2.17. The van der Waals surface area contributed by atoms with Gasteiger partial charge in [-0.3, -0.25) is 4.79 Å². The molecule has 4 nitrogen and oxygen atoms in total. The van der Waals surface area contributed by atoms with E-state index < -0.39 is 0 Å². The van der Waals surface area contributed by atoms with Gasteiger partial charge in [0.25, 0.3) is 0 Å². The number of amides is 1. The topological polar surface area (TPSA) is 44.4 Å². The van der Waals surface area contributed by atoms with Crippen molar-refractivity contribution in [3.63, 3.8) is 0 Å². The molecule has 1 saturated carbocycles. The van der Waals surface area contributed by atoms with Crippen molar-refractivity contribution in [2.75, 3.05) is 37.7 Å². The Morgan fingerprint density at radius 1 is 1.25 bits per heavy atom. The van der Waals surface area contributed by atoms with Crippen molar-refractivity contribution in [1.29, 1.82) is 0 Å². The molecule has 2 N–H and O–H groups in total. The maximum absolute atomic E-state index is 12.1. The van der Waals surface area contributed by atoms with Crippen molar-refractivity contribution in [3.8, 4) is 0 Å². The second kappa shape index (κ2) is 8.90. The van der Waals surface area contributed by atoms with Crippen LogP contribution < -0.4 is 10.6 Å². The molecule has 0 spiro atoms. The summed E-state index contributed by atoms with van der Waals surface area (Å²) in [6.45, 7) is 6.32. The number of carbonyl (C=O) groups excluding carboxylic acids is 1. The molecule has 5 heteroatoms. The van der Waals surface area contributed by atoms with E-state index in [9.17, 15) is 4.79 Å². The monoisotopic (exact) mass is 299 g/mol. The fourth-order valence-electron chi connectivity index (χ4n) is 2.93. The van der Waals surface area contributed by atoms with Crippen molar-refractivity contribution >= 4 is 17.7 Å². The first-order valence-electron chi connectivity index (χ1n) is 8.09. The summed E-state index contributed by atoms with van der Waals surface area (Å²) in [5.74, 6) is 2.67. The molecule has 0 aromatic rings. The van der Waals surface area contributed by atoms with Gasteiger partial charge in [-0.05, 0) is 19.8 Å². The Balaban J connectivity index is 1.58. The molecule has 1 heterocycles. The number of hydrogen-bond acceptors (Lipinski definition) is 4. The molecular weight excluding hydrogens is 270 g/mol. The maximum Gasteiger partial charge on any atom is 0.237 e. The summed E-state index contributed by atoms with van der Waals surface area (Å²) in [5.41, 5.74) is 0. The van der Waals surface area contributed by atoms with Crippen LogP contribution in [0.4, 0.5) is 0 Å². The molecule has 1 amide bonds. The molecular formula is C15H29N3OS. The number of hydrogen-bond donors (Lipinski definition) is 2. The number of rotatable bonds is 6. The third-order valence-electron chi connectivity index (χ3n) is 4.33. The van der Waals surface area contributed by atoms with Crippen LogP contribution in [-0.4, -0.2) is 60.6 Å². The predicted octanol–water partition coefficient (Wildman–Crippen LogP) is 1.46. The number of thioether (sulfide) groups is 1. The van der Waals surface area contributed by atoms with Gasteiger partial charge in [-0.25, -0.2) is 0 Å². The van der Waals surface area contributed by atoms with E-state index in [1.165, 1.54) is 43.9 Å². The fourth-order valence-corrected chi connectivity index (χ4v) is 3.91. The molecule has 1 atom stereocenters. The van der Waals surface area contributed by atoms with E-state index in [1.54, 1.807) is 0 Å². The highest BCUT2D eigenvalue weighted by Gasteiger charge is 2.19. The van der Waals surface area contributed by atoms with Gasteiger partial charge in [-0.1, -0.05) is 19.3 Å².